The second kappa shape index (κ2) is 7.18. The zero-order chi connectivity index (χ0) is 18.2. The fourth-order valence-corrected chi connectivity index (χ4v) is 6.48. The fraction of sp³-hybridized carbons (Fsp3) is 0.400. The number of hydrogen-bond donors (Lipinski definition) is 1. The molecule has 1 aromatic rings. The summed E-state index contributed by atoms with van der Waals surface area (Å²) in [4.78, 5) is 27.7. The Labute approximate surface area is 159 Å². The van der Waals surface area contributed by atoms with Crippen molar-refractivity contribution in [3.05, 3.63) is 27.3 Å². The predicted molar refractivity (Wildman–Crippen MR) is 104 cm³/mol. The van der Waals surface area contributed by atoms with E-state index in [9.17, 15) is 18.0 Å². The Bertz CT molecular complexity index is 845. The standard InChI is InChI=1S/C15H16N2O4S4/c1-9(13(18)16-10-4-6-25(20,21)8-10)17-14(19)12(24-15(17)22)7-11-3-2-5-23-11/h2-3,5,7,9-10H,4,6,8H2,1H3,(H,16,18)/b12-7+/t9-,10+/m0/s1. The lowest BCUT2D eigenvalue weighted by Crippen LogP contribution is -2.50. The third kappa shape index (κ3) is 4.13. The van der Waals surface area contributed by atoms with Crippen LogP contribution in [-0.4, -0.2) is 53.0 Å². The van der Waals surface area contributed by atoms with Crippen LogP contribution in [0.25, 0.3) is 6.08 Å². The number of thiocarbonyl (C=S) groups is 1. The highest BCUT2D eigenvalue weighted by Crippen LogP contribution is 2.34. The number of rotatable bonds is 4. The number of thioether (sulfide) groups is 1. The summed E-state index contributed by atoms with van der Waals surface area (Å²) >= 11 is 7.94. The molecule has 6 nitrogen and oxygen atoms in total. The molecule has 2 amide bonds. The van der Waals surface area contributed by atoms with Gasteiger partial charge in [0, 0.05) is 10.9 Å². The summed E-state index contributed by atoms with van der Waals surface area (Å²) in [6.45, 7) is 1.59. The molecule has 10 heteroatoms. The summed E-state index contributed by atoms with van der Waals surface area (Å²) in [5, 5.41) is 4.63. The zero-order valence-corrected chi connectivity index (χ0v) is 16.6. The molecule has 0 aromatic carbocycles. The van der Waals surface area contributed by atoms with Gasteiger partial charge in [-0.25, -0.2) is 8.42 Å². The molecular weight excluding hydrogens is 400 g/mol. The summed E-state index contributed by atoms with van der Waals surface area (Å²) in [5.74, 6) is -0.667. The Kier molecular flexibility index (Phi) is 5.33. The summed E-state index contributed by atoms with van der Waals surface area (Å²) < 4.78 is 23.3. The molecule has 0 bridgehead atoms. The Balaban J connectivity index is 1.69. The van der Waals surface area contributed by atoms with Gasteiger partial charge in [0.05, 0.1) is 16.4 Å². The van der Waals surface area contributed by atoms with Crippen molar-refractivity contribution in [3.63, 3.8) is 0 Å². The highest BCUT2D eigenvalue weighted by Gasteiger charge is 2.39. The monoisotopic (exact) mass is 416 g/mol. The molecule has 2 aliphatic rings. The minimum atomic E-state index is -3.08. The first-order valence-corrected chi connectivity index (χ1v) is 11.5. The number of nitrogens with one attached hydrogen (secondary N) is 1. The van der Waals surface area contributed by atoms with Crippen LogP contribution in [0, 0.1) is 0 Å². The molecule has 0 saturated carbocycles. The lowest BCUT2D eigenvalue weighted by molar-refractivity contribution is -0.132. The molecule has 2 saturated heterocycles. The van der Waals surface area contributed by atoms with Crippen LogP contribution in [0.2, 0.25) is 0 Å². The Morgan fingerprint density at radius 1 is 1.52 bits per heavy atom. The fourth-order valence-electron chi connectivity index (χ4n) is 2.66. The Morgan fingerprint density at radius 2 is 2.28 bits per heavy atom. The van der Waals surface area contributed by atoms with Crippen molar-refractivity contribution in [1.82, 2.24) is 10.2 Å². The third-order valence-electron chi connectivity index (χ3n) is 3.99. The second-order valence-electron chi connectivity index (χ2n) is 5.85. The van der Waals surface area contributed by atoms with E-state index in [0.717, 1.165) is 4.88 Å². The van der Waals surface area contributed by atoms with Gasteiger partial charge in [0.1, 0.15) is 10.4 Å². The van der Waals surface area contributed by atoms with E-state index in [1.807, 2.05) is 17.5 Å². The van der Waals surface area contributed by atoms with Gasteiger partial charge in [0.15, 0.2) is 9.84 Å². The van der Waals surface area contributed by atoms with Crippen molar-refractivity contribution in [2.45, 2.75) is 25.4 Å². The largest absolute Gasteiger partial charge is 0.351 e. The molecule has 2 atom stereocenters. The smallest absolute Gasteiger partial charge is 0.266 e. The van der Waals surface area contributed by atoms with E-state index in [1.165, 1.54) is 28.0 Å². The maximum absolute atomic E-state index is 12.6. The number of hydrogen-bond acceptors (Lipinski definition) is 7. The van der Waals surface area contributed by atoms with Crippen LogP contribution in [0.4, 0.5) is 0 Å². The van der Waals surface area contributed by atoms with Crippen LogP contribution < -0.4 is 5.32 Å². The molecule has 3 heterocycles. The van der Waals surface area contributed by atoms with E-state index in [0.29, 0.717) is 15.6 Å². The summed E-state index contributed by atoms with van der Waals surface area (Å²) in [7, 11) is -3.08. The van der Waals surface area contributed by atoms with Gasteiger partial charge in [0.25, 0.3) is 5.91 Å². The maximum Gasteiger partial charge on any atom is 0.266 e. The number of carbonyl (C=O) groups excluding carboxylic acids is 2. The van der Waals surface area contributed by atoms with Crippen molar-refractivity contribution >= 4 is 67.4 Å². The highest BCUT2D eigenvalue weighted by atomic mass is 32.2. The van der Waals surface area contributed by atoms with Crippen molar-refractivity contribution in [1.29, 1.82) is 0 Å². The van der Waals surface area contributed by atoms with Crippen molar-refractivity contribution in [2.24, 2.45) is 0 Å². The van der Waals surface area contributed by atoms with Crippen LogP contribution in [0.3, 0.4) is 0 Å². The zero-order valence-electron chi connectivity index (χ0n) is 13.3. The molecule has 0 radical (unpaired) electrons. The van der Waals surface area contributed by atoms with Crippen molar-refractivity contribution < 1.29 is 18.0 Å². The average molecular weight is 417 g/mol. The van der Waals surface area contributed by atoms with Gasteiger partial charge < -0.3 is 5.32 Å². The number of sulfone groups is 1. The van der Waals surface area contributed by atoms with Crippen LogP contribution >= 0.6 is 35.3 Å². The van der Waals surface area contributed by atoms with Crippen molar-refractivity contribution in [3.8, 4) is 0 Å². The first-order chi connectivity index (χ1) is 11.8. The van der Waals surface area contributed by atoms with Gasteiger partial charge in [0.2, 0.25) is 5.91 Å². The lowest BCUT2D eigenvalue weighted by atomic mass is 10.2. The molecule has 25 heavy (non-hydrogen) atoms. The van der Waals surface area contributed by atoms with Gasteiger partial charge in [-0.15, -0.1) is 11.3 Å². The van der Waals surface area contributed by atoms with Gasteiger partial charge in [-0.3, -0.25) is 14.5 Å². The summed E-state index contributed by atoms with van der Waals surface area (Å²) in [6.07, 6.45) is 2.16. The number of thiophene rings is 1. The average Bonchev–Trinajstić information content (AvgIpc) is 3.21. The lowest BCUT2D eigenvalue weighted by Gasteiger charge is -2.23. The van der Waals surface area contributed by atoms with Crippen LogP contribution in [0.15, 0.2) is 22.4 Å². The minimum Gasteiger partial charge on any atom is -0.351 e. The maximum atomic E-state index is 12.6. The normalized spacial score (nSPS) is 25.6. The van der Waals surface area contributed by atoms with E-state index in [2.05, 4.69) is 5.32 Å². The molecule has 2 aliphatic heterocycles. The summed E-state index contributed by atoms with van der Waals surface area (Å²) in [5.41, 5.74) is 0. The first-order valence-electron chi connectivity index (χ1n) is 7.58. The number of carbonyl (C=O) groups is 2. The molecular formula is C15H16N2O4S4. The van der Waals surface area contributed by atoms with E-state index < -0.39 is 27.8 Å². The SMILES string of the molecule is C[C@@H](C(=O)N[C@@H]1CCS(=O)(=O)C1)N1C(=O)/C(=C\c2cccs2)SC1=S. The Morgan fingerprint density at radius 3 is 2.88 bits per heavy atom. The van der Waals surface area contributed by atoms with Crippen molar-refractivity contribution in [2.75, 3.05) is 11.5 Å². The number of amides is 2. The predicted octanol–water partition coefficient (Wildman–Crippen LogP) is 1.64. The van der Waals surface area contributed by atoms with Crippen LogP contribution in [-0.2, 0) is 19.4 Å². The van der Waals surface area contributed by atoms with E-state index in [4.69, 9.17) is 12.2 Å². The molecule has 0 aliphatic carbocycles. The van der Waals surface area contributed by atoms with Gasteiger partial charge in [-0.05, 0) is 30.9 Å². The number of nitrogens with zero attached hydrogens (tertiary/aromatic N) is 1. The van der Waals surface area contributed by atoms with Crippen LogP contribution in [0.1, 0.15) is 18.2 Å². The first kappa shape index (κ1) is 18.6. The quantitative estimate of drug-likeness (QED) is 0.593. The van der Waals surface area contributed by atoms with Gasteiger partial charge >= 0.3 is 0 Å². The molecule has 134 valence electrons. The second-order valence-corrected chi connectivity index (χ2v) is 10.7. The van der Waals surface area contributed by atoms with Gasteiger partial charge in [-0.1, -0.05) is 30.0 Å². The topological polar surface area (TPSA) is 83.6 Å². The third-order valence-corrected chi connectivity index (χ3v) is 7.90. The van der Waals surface area contributed by atoms with E-state index in [1.54, 1.807) is 13.0 Å². The molecule has 2 fully saturated rings. The molecule has 0 unspecified atom stereocenters. The molecule has 0 spiro atoms. The molecule has 1 aromatic heterocycles. The summed E-state index contributed by atoms with van der Waals surface area (Å²) in [6, 6.07) is 2.60. The van der Waals surface area contributed by atoms with Gasteiger partial charge in [-0.2, -0.15) is 0 Å². The van der Waals surface area contributed by atoms with E-state index in [-0.39, 0.29) is 17.4 Å². The molecule has 3 rings (SSSR count). The van der Waals surface area contributed by atoms with Crippen LogP contribution in [0.5, 0.6) is 0 Å². The Hall–Kier alpha value is -1.23. The highest BCUT2D eigenvalue weighted by molar-refractivity contribution is 8.26. The van der Waals surface area contributed by atoms with E-state index >= 15 is 0 Å². The minimum absolute atomic E-state index is 0.0534. The molecule has 1 N–H and O–H groups in total.